The lowest BCUT2D eigenvalue weighted by molar-refractivity contribution is -0.141. The summed E-state index contributed by atoms with van der Waals surface area (Å²) in [6, 6.07) is 1.66. The Labute approximate surface area is 118 Å². The van der Waals surface area contributed by atoms with E-state index < -0.39 is 11.9 Å². The minimum absolute atomic E-state index is 0.210. The topological polar surface area (TPSA) is 87.5 Å². The van der Waals surface area contributed by atoms with Gasteiger partial charge in [0, 0.05) is 39.3 Å². The van der Waals surface area contributed by atoms with Gasteiger partial charge in [-0.15, -0.1) is 0 Å². The van der Waals surface area contributed by atoms with Crippen LogP contribution in [0.15, 0.2) is 12.3 Å². The van der Waals surface area contributed by atoms with E-state index in [1.165, 1.54) is 4.90 Å². The second-order valence-electron chi connectivity index (χ2n) is 4.74. The fourth-order valence-corrected chi connectivity index (χ4v) is 1.77. The third-order valence-corrected chi connectivity index (χ3v) is 3.01. The molecule has 1 aromatic rings. The van der Waals surface area contributed by atoms with Crippen LogP contribution in [0.25, 0.3) is 0 Å². The number of carboxylic acid groups (broad SMARTS) is 1. The van der Waals surface area contributed by atoms with Crippen molar-refractivity contribution in [3.05, 3.63) is 18.0 Å². The van der Waals surface area contributed by atoms with Crippen molar-refractivity contribution in [1.82, 2.24) is 20.0 Å². The maximum atomic E-state index is 11.9. The molecule has 1 atom stereocenters. The molecule has 112 valence electrons. The number of nitrogens with zero attached hydrogens (tertiary/aromatic N) is 3. The number of hydrogen-bond acceptors (Lipinski definition) is 3. The highest BCUT2D eigenvalue weighted by molar-refractivity contribution is 5.75. The Morgan fingerprint density at radius 1 is 1.55 bits per heavy atom. The molecule has 0 aliphatic rings. The van der Waals surface area contributed by atoms with Gasteiger partial charge in [-0.2, -0.15) is 5.10 Å². The first-order valence-corrected chi connectivity index (χ1v) is 6.68. The molecule has 1 unspecified atom stereocenters. The molecule has 0 saturated carbocycles. The summed E-state index contributed by atoms with van der Waals surface area (Å²) in [4.78, 5) is 24.2. The van der Waals surface area contributed by atoms with E-state index in [0.29, 0.717) is 19.5 Å². The maximum absolute atomic E-state index is 11.9. The van der Waals surface area contributed by atoms with Crippen molar-refractivity contribution in [2.24, 2.45) is 13.0 Å². The average Bonchev–Trinajstić information content (AvgIpc) is 2.81. The van der Waals surface area contributed by atoms with Crippen molar-refractivity contribution in [1.29, 1.82) is 0 Å². The molecule has 7 nitrogen and oxygen atoms in total. The van der Waals surface area contributed by atoms with Gasteiger partial charge in [-0.1, -0.05) is 6.92 Å². The fourth-order valence-electron chi connectivity index (χ4n) is 1.77. The van der Waals surface area contributed by atoms with Gasteiger partial charge in [-0.25, -0.2) is 4.79 Å². The van der Waals surface area contributed by atoms with Crippen molar-refractivity contribution >= 4 is 12.0 Å². The van der Waals surface area contributed by atoms with Gasteiger partial charge in [-0.05, 0) is 13.0 Å². The SMILES string of the molecule is CCN(CC(C)C(=O)O)C(=O)NCCc1ccn(C)n1. The minimum atomic E-state index is -0.898. The first-order valence-electron chi connectivity index (χ1n) is 6.68. The summed E-state index contributed by atoms with van der Waals surface area (Å²) >= 11 is 0. The molecule has 0 aromatic carbocycles. The Bertz CT molecular complexity index is 458. The molecule has 0 fully saturated rings. The van der Waals surface area contributed by atoms with Gasteiger partial charge < -0.3 is 15.3 Å². The van der Waals surface area contributed by atoms with Gasteiger partial charge in [0.1, 0.15) is 0 Å². The van der Waals surface area contributed by atoms with E-state index in [-0.39, 0.29) is 12.6 Å². The largest absolute Gasteiger partial charge is 0.481 e. The van der Waals surface area contributed by atoms with Crippen molar-refractivity contribution in [3.8, 4) is 0 Å². The number of carbonyl (C=O) groups is 2. The van der Waals surface area contributed by atoms with Gasteiger partial charge in [0.15, 0.2) is 0 Å². The first kappa shape index (κ1) is 16.0. The molecule has 2 N–H and O–H groups in total. The normalized spacial score (nSPS) is 11.9. The molecule has 0 aliphatic carbocycles. The molecule has 0 aliphatic heterocycles. The second-order valence-corrected chi connectivity index (χ2v) is 4.74. The molecule has 1 aromatic heterocycles. The van der Waals surface area contributed by atoms with Crippen LogP contribution in [-0.4, -0.2) is 51.4 Å². The zero-order valence-corrected chi connectivity index (χ0v) is 12.2. The lowest BCUT2D eigenvalue weighted by atomic mass is 10.2. The predicted octanol–water partition coefficient (Wildman–Crippen LogP) is 0.715. The highest BCUT2D eigenvalue weighted by Gasteiger charge is 2.18. The summed E-state index contributed by atoms with van der Waals surface area (Å²) in [5.41, 5.74) is 0.912. The summed E-state index contributed by atoms with van der Waals surface area (Å²) in [6.45, 7) is 4.58. The zero-order chi connectivity index (χ0) is 15.1. The number of urea groups is 1. The van der Waals surface area contributed by atoms with Crippen LogP contribution >= 0.6 is 0 Å². The number of aliphatic carboxylic acids is 1. The highest BCUT2D eigenvalue weighted by Crippen LogP contribution is 2.01. The monoisotopic (exact) mass is 282 g/mol. The number of carbonyl (C=O) groups excluding carboxylic acids is 1. The number of rotatable bonds is 7. The fraction of sp³-hybridized carbons (Fsp3) is 0.615. The molecule has 0 bridgehead atoms. The van der Waals surface area contributed by atoms with Crippen molar-refractivity contribution in [2.45, 2.75) is 20.3 Å². The molecular weight excluding hydrogens is 260 g/mol. The Hall–Kier alpha value is -2.05. The summed E-state index contributed by atoms with van der Waals surface area (Å²) in [5, 5.41) is 15.9. The summed E-state index contributed by atoms with van der Waals surface area (Å²) in [5.74, 6) is -1.47. The zero-order valence-electron chi connectivity index (χ0n) is 12.2. The third-order valence-electron chi connectivity index (χ3n) is 3.01. The van der Waals surface area contributed by atoms with E-state index in [1.807, 2.05) is 26.2 Å². The Morgan fingerprint density at radius 3 is 2.75 bits per heavy atom. The standard InChI is InChI=1S/C13H22N4O3/c1-4-17(9-10(2)12(18)19)13(20)14-7-5-11-6-8-16(3)15-11/h6,8,10H,4-5,7,9H2,1-3H3,(H,14,20)(H,18,19). The summed E-state index contributed by atoms with van der Waals surface area (Å²) in [7, 11) is 1.84. The Kier molecular flexibility index (Phi) is 6.02. The molecule has 20 heavy (non-hydrogen) atoms. The van der Waals surface area contributed by atoms with E-state index in [0.717, 1.165) is 5.69 Å². The lowest BCUT2D eigenvalue weighted by Gasteiger charge is -2.23. The first-order chi connectivity index (χ1) is 9.43. The van der Waals surface area contributed by atoms with Gasteiger partial charge in [0.05, 0.1) is 11.6 Å². The van der Waals surface area contributed by atoms with Gasteiger partial charge in [-0.3, -0.25) is 9.48 Å². The van der Waals surface area contributed by atoms with Gasteiger partial charge in [0.2, 0.25) is 0 Å². The van der Waals surface area contributed by atoms with Crippen molar-refractivity contribution in [2.75, 3.05) is 19.6 Å². The highest BCUT2D eigenvalue weighted by atomic mass is 16.4. The molecule has 1 heterocycles. The molecule has 1 rings (SSSR count). The van der Waals surface area contributed by atoms with Crippen LogP contribution in [0, 0.1) is 5.92 Å². The van der Waals surface area contributed by atoms with Crippen LogP contribution in [0.5, 0.6) is 0 Å². The number of hydrogen-bond donors (Lipinski definition) is 2. The smallest absolute Gasteiger partial charge is 0.317 e. The molecule has 7 heteroatoms. The lowest BCUT2D eigenvalue weighted by Crippen LogP contribution is -2.43. The minimum Gasteiger partial charge on any atom is -0.481 e. The summed E-state index contributed by atoms with van der Waals surface area (Å²) < 4.78 is 1.71. The van der Waals surface area contributed by atoms with E-state index in [1.54, 1.807) is 11.6 Å². The Balaban J connectivity index is 2.37. The van der Waals surface area contributed by atoms with Crippen molar-refractivity contribution in [3.63, 3.8) is 0 Å². The van der Waals surface area contributed by atoms with E-state index in [9.17, 15) is 9.59 Å². The Morgan fingerprint density at radius 2 is 2.25 bits per heavy atom. The number of carboxylic acids is 1. The number of amides is 2. The van der Waals surface area contributed by atoms with E-state index >= 15 is 0 Å². The van der Waals surface area contributed by atoms with Crippen LogP contribution in [0.1, 0.15) is 19.5 Å². The van der Waals surface area contributed by atoms with Crippen LogP contribution in [0.4, 0.5) is 4.79 Å². The maximum Gasteiger partial charge on any atom is 0.317 e. The van der Waals surface area contributed by atoms with Crippen LogP contribution < -0.4 is 5.32 Å². The van der Waals surface area contributed by atoms with Crippen LogP contribution in [-0.2, 0) is 18.3 Å². The van der Waals surface area contributed by atoms with E-state index in [4.69, 9.17) is 5.11 Å². The molecular formula is C13H22N4O3. The summed E-state index contributed by atoms with van der Waals surface area (Å²) in [6.07, 6.45) is 2.50. The quantitative estimate of drug-likeness (QED) is 0.771. The molecule has 0 saturated heterocycles. The van der Waals surface area contributed by atoms with Gasteiger partial charge >= 0.3 is 12.0 Å². The molecule has 2 amide bonds. The third kappa shape index (κ3) is 4.91. The predicted molar refractivity (Wildman–Crippen MR) is 74.4 cm³/mol. The van der Waals surface area contributed by atoms with Crippen molar-refractivity contribution < 1.29 is 14.7 Å². The number of aryl methyl sites for hydroxylation is 1. The van der Waals surface area contributed by atoms with E-state index in [2.05, 4.69) is 10.4 Å². The van der Waals surface area contributed by atoms with Crippen LogP contribution in [0.2, 0.25) is 0 Å². The number of aromatic nitrogens is 2. The molecule has 0 radical (unpaired) electrons. The second kappa shape index (κ2) is 7.52. The number of nitrogens with one attached hydrogen (secondary N) is 1. The average molecular weight is 282 g/mol. The van der Waals surface area contributed by atoms with Gasteiger partial charge in [0.25, 0.3) is 0 Å². The van der Waals surface area contributed by atoms with Crippen LogP contribution in [0.3, 0.4) is 0 Å². The molecule has 0 spiro atoms.